The average molecular weight is 532 g/mol. The molecular weight excluding hydrogens is 505 g/mol. The van der Waals surface area contributed by atoms with Gasteiger partial charge in [-0.05, 0) is 25.5 Å². The van der Waals surface area contributed by atoms with E-state index in [9.17, 15) is 14.0 Å². The molecule has 10 heteroatoms. The second kappa shape index (κ2) is 11.8. The topological polar surface area (TPSA) is 93.5 Å². The van der Waals surface area contributed by atoms with Crippen molar-refractivity contribution in [3.8, 4) is 11.3 Å². The summed E-state index contributed by atoms with van der Waals surface area (Å²) < 4.78 is 23.8. The van der Waals surface area contributed by atoms with Crippen molar-refractivity contribution >= 4 is 41.1 Å². The predicted molar refractivity (Wildman–Crippen MR) is 139 cm³/mol. The van der Waals surface area contributed by atoms with E-state index in [2.05, 4.69) is 15.8 Å². The number of hydrogen-bond acceptors (Lipinski definition) is 6. The van der Waals surface area contributed by atoms with Gasteiger partial charge in [0.1, 0.15) is 23.7 Å². The number of aromatic nitrogens is 1. The zero-order chi connectivity index (χ0) is 25.7. The Kier molecular flexibility index (Phi) is 8.53. The molecule has 1 fully saturated rings. The molecule has 0 saturated heterocycles. The molecule has 1 saturated carbocycles. The van der Waals surface area contributed by atoms with Gasteiger partial charge in [-0.3, -0.25) is 10.1 Å². The number of carbonyl (C=O) groups is 2. The number of ether oxygens (including phenoxy) is 1. The Bertz CT molecular complexity index is 1220. The van der Waals surface area contributed by atoms with Gasteiger partial charge in [0.25, 0.3) is 0 Å². The summed E-state index contributed by atoms with van der Waals surface area (Å²) in [5.74, 6) is 1.71. The van der Waals surface area contributed by atoms with Crippen LogP contribution in [0.4, 0.5) is 14.9 Å². The summed E-state index contributed by atoms with van der Waals surface area (Å²) in [5, 5.41) is 9.94. The van der Waals surface area contributed by atoms with E-state index in [1.807, 2.05) is 36.4 Å². The molecule has 0 aliphatic heterocycles. The number of anilines is 1. The lowest BCUT2D eigenvalue weighted by Crippen LogP contribution is -2.27. The highest BCUT2D eigenvalue weighted by Crippen LogP contribution is 2.32. The van der Waals surface area contributed by atoms with Gasteiger partial charge in [0.05, 0.1) is 6.04 Å². The predicted octanol–water partition coefficient (Wildman–Crippen LogP) is 6.46. The summed E-state index contributed by atoms with van der Waals surface area (Å²) in [6.07, 6.45) is -1.28. The quantitative estimate of drug-likeness (QED) is 0.291. The van der Waals surface area contributed by atoms with E-state index >= 15 is 0 Å². The van der Waals surface area contributed by atoms with Crippen molar-refractivity contribution in [1.82, 2.24) is 10.5 Å². The van der Waals surface area contributed by atoms with Crippen LogP contribution in [0.2, 0.25) is 5.02 Å². The number of hydrogen-bond donors (Lipinski definition) is 2. The number of alkyl halides is 1. The number of rotatable bonds is 10. The molecule has 2 N–H and O–H groups in total. The third kappa shape index (κ3) is 6.79. The summed E-state index contributed by atoms with van der Waals surface area (Å²) in [6, 6.07) is 14.6. The van der Waals surface area contributed by atoms with Crippen LogP contribution in [0, 0.1) is 6.92 Å². The van der Waals surface area contributed by atoms with E-state index in [1.165, 1.54) is 0 Å². The van der Waals surface area contributed by atoms with Crippen molar-refractivity contribution in [1.29, 1.82) is 0 Å². The molecule has 2 unspecified atom stereocenters. The van der Waals surface area contributed by atoms with Crippen LogP contribution in [-0.2, 0) is 15.3 Å². The number of thioether (sulfide) groups is 1. The van der Waals surface area contributed by atoms with Crippen molar-refractivity contribution in [2.75, 3.05) is 11.1 Å². The van der Waals surface area contributed by atoms with Gasteiger partial charge in [0.2, 0.25) is 5.91 Å². The second-order valence-corrected chi connectivity index (χ2v) is 10.1. The first-order valence-electron chi connectivity index (χ1n) is 11.6. The fraction of sp³-hybridized carbons (Fsp3) is 0.346. The summed E-state index contributed by atoms with van der Waals surface area (Å²) in [4.78, 5) is 24.3. The summed E-state index contributed by atoms with van der Waals surface area (Å²) in [6.45, 7) is 3.48. The molecule has 2 amide bonds. The van der Waals surface area contributed by atoms with E-state index in [-0.39, 0.29) is 11.9 Å². The van der Waals surface area contributed by atoms with E-state index in [0.717, 1.165) is 16.9 Å². The molecule has 1 aliphatic carbocycles. The van der Waals surface area contributed by atoms with Gasteiger partial charge in [0.15, 0.2) is 5.76 Å². The lowest BCUT2D eigenvalue weighted by atomic mass is 10.1. The van der Waals surface area contributed by atoms with Crippen LogP contribution in [0.3, 0.4) is 0 Å². The standard InChI is InChI=1S/C26H27ClFN3O4S/c1-15-24(30-26(33)34-16(2)19-5-3-4-6-20(19)27)25(35-31-15)18-9-7-17(8-10-18)14-36-12-11-23(32)29-22-13-21(22)28/h3-10,16,21-22H,11-14H2,1-2H3,(H,29,32)(H,30,33)/t16?,21?,22-/m0/s1. The maximum Gasteiger partial charge on any atom is 0.412 e. The summed E-state index contributed by atoms with van der Waals surface area (Å²) in [7, 11) is 0. The molecule has 0 bridgehead atoms. The van der Waals surface area contributed by atoms with Crippen molar-refractivity contribution in [3.63, 3.8) is 0 Å². The SMILES string of the molecule is Cc1noc(-c2ccc(CSCCC(=O)N[C@H]3CC3F)cc2)c1NC(=O)OC(C)c1ccccc1Cl. The lowest BCUT2D eigenvalue weighted by Gasteiger charge is -2.15. The Hall–Kier alpha value is -3.04. The molecule has 1 aromatic heterocycles. The first kappa shape index (κ1) is 26.0. The molecule has 0 spiro atoms. The number of carbonyl (C=O) groups excluding carboxylic acids is 2. The second-order valence-electron chi connectivity index (χ2n) is 8.59. The van der Waals surface area contributed by atoms with Gasteiger partial charge in [-0.25, -0.2) is 9.18 Å². The number of halogens is 2. The minimum absolute atomic E-state index is 0.108. The molecule has 2 aromatic carbocycles. The van der Waals surface area contributed by atoms with Gasteiger partial charge >= 0.3 is 6.09 Å². The number of benzene rings is 2. The molecule has 3 aromatic rings. The minimum atomic E-state index is -0.883. The van der Waals surface area contributed by atoms with Crippen LogP contribution in [0.15, 0.2) is 53.1 Å². The Morgan fingerprint density at radius 3 is 2.67 bits per heavy atom. The average Bonchev–Trinajstić information content (AvgIpc) is 3.43. The smallest absolute Gasteiger partial charge is 0.412 e. The molecule has 1 aliphatic rings. The molecule has 190 valence electrons. The first-order chi connectivity index (χ1) is 17.3. The molecule has 36 heavy (non-hydrogen) atoms. The summed E-state index contributed by atoms with van der Waals surface area (Å²) >= 11 is 7.83. The molecule has 3 atom stereocenters. The largest absolute Gasteiger partial charge is 0.441 e. The van der Waals surface area contributed by atoms with E-state index < -0.39 is 18.4 Å². The first-order valence-corrected chi connectivity index (χ1v) is 13.1. The molecule has 0 radical (unpaired) electrons. The zero-order valence-electron chi connectivity index (χ0n) is 19.9. The van der Waals surface area contributed by atoms with Gasteiger partial charge < -0.3 is 14.6 Å². The Balaban J connectivity index is 1.30. The maximum absolute atomic E-state index is 12.9. The Morgan fingerprint density at radius 2 is 1.97 bits per heavy atom. The van der Waals surface area contributed by atoms with E-state index in [1.54, 1.807) is 37.7 Å². The molecule has 4 rings (SSSR count). The van der Waals surface area contributed by atoms with Crippen LogP contribution in [0.25, 0.3) is 11.3 Å². The minimum Gasteiger partial charge on any atom is -0.441 e. The van der Waals surface area contributed by atoms with Crippen LogP contribution in [0.5, 0.6) is 0 Å². The third-order valence-electron chi connectivity index (χ3n) is 5.73. The highest BCUT2D eigenvalue weighted by atomic mass is 35.5. The molecule has 7 nitrogen and oxygen atoms in total. The van der Waals surface area contributed by atoms with E-state index in [4.69, 9.17) is 20.9 Å². The summed E-state index contributed by atoms with van der Waals surface area (Å²) in [5.41, 5.74) is 3.50. The Labute approximate surface area is 218 Å². The molecular formula is C26H27ClFN3O4S. The van der Waals surface area contributed by atoms with Crippen LogP contribution < -0.4 is 10.6 Å². The van der Waals surface area contributed by atoms with Gasteiger partial charge in [-0.2, -0.15) is 11.8 Å². The third-order valence-corrected chi connectivity index (χ3v) is 7.11. The van der Waals surface area contributed by atoms with Crippen molar-refractivity contribution in [2.45, 2.75) is 50.8 Å². The molecule has 1 heterocycles. The van der Waals surface area contributed by atoms with Crippen LogP contribution in [0.1, 0.15) is 42.7 Å². The fourth-order valence-electron chi connectivity index (χ4n) is 3.57. The van der Waals surface area contributed by atoms with Crippen molar-refractivity contribution in [3.05, 3.63) is 70.4 Å². The van der Waals surface area contributed by atoms with Gasteiger partial charge in [-0.1, -0.05) is 59.2 Å². The lowest BCUT2D eigenvalue weighted by molar-refractivity contribution is -0.120. The van der Waals surface area contributed by atoms with Gasteiger partial charge in [0, 0.05) is 40.5 Å². The number of nitrogens with zero attached hydrogens (tertiary/aromatic N) is 1. The monoisotopic (exact) mass is 531 g/mol. The Morgan fingerprint density at radius 1 is 1.25 bits per heavy atom. The highest BCUT2D eigenvalue weighted by Gasteiger charge is 2.38. The van der Waals surface area contributed by atoms with Crippen LogP contribution in [-0.4, -0.2) is 35.1 Å². The van der Waals surface area contributed by atoms with Crippen molar-refractivity contribution in [2.24, 2.45) is 0 Å². The van der Waals surface area contributed by atoms with Crippen LogP contribution >= 0.6 is 23.4 Å². The maximum atomic E-state index is 12.9. The van der Waals surface area contributed by atoms with E-state index in [0.29, 0.717) is 46.3 Å². The highest BCUT2D eigenvalue weighted by molar-refractivity contribution is 7.98. The normalized spacial score (nSPS) is 17.3. The zero-order valence-corrected chi connectivity index (χ0v) is 21.5. The number of aryl methyl sites for hydroxylation is 1. The fourth-order valence-corrected chi connectivity index (χ4v) is 4.77. The number of amides is 2. The number of nitrogens with one attached hydrogen (secondary N) is 2. The van der Waals surface area contributed by atoms with Gasteiger partial charge in [-0.15, -0.1) is 0 Å². The van der Waals surface area contributed by atoms with Crippen molar-refractivity contribution < 1.29 is 23.2 Å².